The van der Waals surface area contributed by atoms with Crippen LogP contribution in [0.3, 0.4) is 0 Å². The first-order chi connectivity index (χ1) is 17.4. The van der Waals surface area contributed by atoms with Crippen molar-refractivity contribution in [2.45, 2.75) is 37.4 Å². The SMILES string of the molecule is O=C(O)C(F)(F)F.[2H]C1=C([2H])C([2H])([2H])[C@H](c2sc3c(NCc4cccs4)nc(Cl)nc3c2Br)[C@@H](N)C1([2H])[2H]. The third-order valence-electron chi connectivity index (χ3n) is 3.90. The first kappa shape index (κ1) is 17.7. The lowest BCUT2D eigenvalue weighted by Gasteiger charge is -2.24. The molecule has 3 aromatic heterocycles. The Balaban J connectivity index is 0.000000505. The monoisotopic (exact) mass is 574 g/mol. The normalized spacial score (nSPS) is 24.8. The van der Waals surface area contributed by atoms with Gasteiger partial charge < -0.3 is 16.2 Å². The minimum absolute atomic E-state index is 0.00651. The van der Waals surface area contributed by atoms with E-state index in [2.05, 4.69) is 31.2 Å². The first-order valence-corrected chi connectivity index (χ1v) is 11.4. The molecule has 6 nitrogen and oxygen atoms in total. The van der Waals surface area contributed by atoms with Crippen molar-refractivity contribution in [3.8, 4) is 0 Å². The number of nitrogens with two attached hydrogens (primary N) is 1. The number of alkyl halides is 3. The maximum Gasteiger partial charge on any atom is 0.490 e. The molecule has 3 aromatic rings. The van der Waals surface area contributed by atoms with Crippen LogP contribution in [0.25, 0.3) is 10.2 Å². The average Bonchev–Trinajstić information content (AvgIpc) is 3.44. The zero-order valence-electron chi connectivity index (χ0n) is 21.6. The molecule has 32 heavy (non-hydrogen) atoms. The molecule has 0 radical (unpaired) electrons. The number of aliphatic carboxylic acids is 1. The molecule has 4 N–H and O–H groups in total. The van der Waals surface area contributed by atoms with E-state index >= 15 is 0 Å². The lowest BCUT2D eigenvalue weighted by Crippen LogP contribution is -2.29. The molecule has 13 heteroatoms. The lowest BCUT2D eigenvalue weighted by atomic mass is 9.88. The fraction of sp³-hybridized carbons (Fsp3) is 0.316. The Bertz CT molecular complexity index is 1390. The van der Waals surface area contributed by atoms with E-state index in [4.69, 9.17) is 35.5 Å². The van der Waals surface area contributed by atoms with E-state index in [0.29, 0.717) is 31.9 Å². The maximum atomic E-state index is 10.6. The van der Waals surface area contributed by atoms with Crippen LogP contribution in [0.1, 0.15) is 36.6 Å². The van der Waals surface area contributed by atoms with Crippen LogP contribution < -0.4 is 11.1 Å². The Kier molecular flexibility index (Phi) is 5.79. The highest BCUT2D eigenvalue weighted by Gasteiger charge is 2.38. The third kappa shape index (κ3) is 5.98. The number of rotatable bonds is 4. The Morgan fingerprint density at radius 3 is 2.75 bits per heavy atom. The number of aromatic nitrogens is 2. The van der Waals surface area contributed by atoms with Crippen molar-refractivity contribution in [2.75, 3.05) is 5.32 Å². The number of hydrogen-bond donors (Lipinski definition) is 3. The number of nitrogens with zero attached hydrogens (tertiary/aromatic N) is 2. The fourth-order valence-corrected chi connectivity index (χ4v) is 5.40. The van der Waals surface area contributed by atoms with Crippen molar-refractivity contribution in [3.05, 3.63) is 49.1 Å². The largest absolute Gasteiger partial charge is 0.490 e. The number of nitrogens with one attached hydrogen (secondary N) is 1. The number of halogens is 5. The molecule has 0 bridgehead atoms. The first-order valence-electron chi connectivity index (χ1n) is 11.6. The molecule has 0 saturated carbocycles. The van der Waals surface area contributed by atoms with E-state index in [1.54, 1.807) is 11.3 Å². The number of thiophene rings is 2. The van der Waals surface area contributed by atoms with Gasteiger partial charge in [-0.3, -0.25) is 0 Å². The molecule has 4 rings (SSSR count). The van der Waals surface area contributed by atoms with Crippen molar-refractivity contribution < 1.29 is 31.3 Å². The summed E-state index contributed by atoms with van der Waals surface area (Å²) in [5, 5.41) is 12.3. The van der Waals surface area contributed by atoms with Gasteiger partial charge in [0, 0.05) is 27.2 Å². The molecule has 1 aliphatic carbocycles. The number of hydrogen-bond acceptors (Lipinski definition) is 7. The molecule has 0 saturated heterocycles. The van der Waals surface area contributed by atoms with Gasteiger partial charge in [-0.15, -0.1) is 22.7 Å². The van der Waals surface area contributed by atoms with Crippen LogP contribution in [0.15, 0.2) is 34.1 Å². The third-order valence-corrected chi connectivity index (χ3v) is 7.28. The molecule has 0 aliphatic heterocycles. The van der Waals surface area contributed by atoms with Crippen molar-refractivity contribution in [2.24, 2.45) is 5.73 Å². The molecule has 0 aromatic carbocycles. The minimum atomic E-state index is -5.08. The Morgan fingerprint density at radius 2 is 2.12 bits per heavy atom. The van der Waals surface area contributed by atoms with Gasteiger partial charge in [0.2, 0.25) is 5.28 Å². The molecule has 0 unspecified atom stereocenters. The van der Waals surface area contributed by atoms with Crippen LogP contribution in [-0.4, -0.2) is 33.3 Å². The molecule has 0 fully saturated rings. The highest BCUT2D eigenvalue weighted by Crippen LogP contribution is 2.45. The molecular formula is C19H17BrClF3N4O2S2. The molecule has 0 amide bonds. The van der Waals surface area contributed by atoms with Crippen LogP contribution in [0.2, 0.25) is 5.28 Å². The topological polar surface area (TPSA) is 101 Å². The smallest absolute Gasteiger partial charge is 0.475 e. The van der Waals surface area contributed by atoms with E-state index in [1.165, 1.54) is 11.3 Å². The van der Waals surface area contributed by atoms with Crippen molar-refractivity contribution in [3.63, 3.8) is 0 Å². The van der Waals surface area contributed by atoms with E-state index < -0.39 is 49.0 Å². The lowest BCUT2D eigenvalue weighted by molar-refractivity contribution is -0.192. The van der Waals surface area contributed by atoms with E-state index in [9.17, 15) is 13.2 Å². The second kappa shape index (κ2) is 10.5. The fourth-order valence-electron chi connectivity index (χ4n) is 2.48. The zero-order chi connectivity index (χ0) is 28.8. The van der Waals surface area contributed by atoms with E-state index in [-0.39, 0.29) is 5.28 Å². The summed E-state index contributed by atoms with van der Waals surface area (Å²) in [5.74, 6) is -3.50. The summed E-state index contributed by atoms with van der Waals surface area (Å²) < 4.78 is 82.1. The van der Waals surface area contributed by atoms with Gasteiger partial charge in [0.1, 0.15) is 11.3 Å². The summed E-state index contributed by atoms with van der Waals surface area (Å²) in [6, 6.07) is 1.09. The average molecular weight is 576 g/mol. The Labute approximate surface area is 210 Å². The number of carbonyl (C=O) groups is 1. The highest BCUT2D eigenvalue weighted by atomic mass is 79.9. The van der Waals surface area contributed by atoms with Gasteiger partial charge in [-0.05, 0) is 51.7 Å². The van der Waals surface area contributed by atoms with Crippen LogP contribution >= 0.6 is 50.2 Å². The second-order valence-corrected chi connectivity index (χ2v) is 9.29. The van der Waals surface area contributed by atoms with Gasteiger partial charge in [-0.1, -0.05) is 18.2 Å². The maximum absolute atomic E-state index is 10.6. The summed E-state index contributed by atoms with van der Waals surface area (Å²) in [5.41, 5.74) is 6.60. The Morgan fingerprint density at radius 1 is 1.44 bits per heavy atom. The van der Waals surface area contributed by atoms with E-state index in [0.717, 1.165) is 4.88 Å². The molecule has 2 atom stereocenters. The molecule has 172 valence electrons. The van der Waals surface area contributed by atoms with Gasteiger partial charge >= 0.3 is 12.1 Å². The van der Waals surface area contributed by atoms with E-state index in [1.807, 2.05) is 17.5 Å². The van der Waals surface area contributed by atoms with Crippen LogP contribution in [0.4, 0.5) is 19.0 Å². The molecular weight excluding hydrogens is 553 g/mol. The molecule has 0 spiro atoms. The standard InChI is InChI=1S/C17H16BrClN4S2.C2HF3O2/c18-12-13-15(25-14(12)10-5-1-2-6-11(10)20)16(23-17(19)22-13)21-8-9-4-3-7-24-9;3-2(4,5)1(6)7/h1-4,7,10-11H,5-6,8,20H2,(H,21,22,23);(H,6,7)/t10-,11-;/m0./s1/i1D,2D,5D2,6D2;. The number of allylic oxidation sites excluding steroid dienone is 1. The zero-order valence-corrected chi connectivity index (χ0v) is 19.6. The number of anilines is 1. The number of carboxylic acid groups (broad SMARTS) is 1. The Hall–Kier alpha value is -1.73. The van der Waals surface area contributed by atoms with Gasteiger partial charge in [-0.2, -0.15) is 18.2 Å². The van der Waals surface area contributed by atoms with Crippen LogP contribution in [0, 0.1) is 0 Å². The summed E-state index contributed by atoms with van der Waals surface area (Å²) >= 11 is 12.3. The predicted molar refractivity (Wildman–Crippen MR) is 125 cm³/mol. The second-order valence-electron chi connectivity index (χ2n) is 6.08. The molecule has 1 aliphatic rings. The number of fused-ring (bicyclic) bond motifs is 1. The summed E-state index contributed by atoms with van der Waals surface area (Å²) in [7, 11) is 0. The minimum Gasteiger partial charge on any atom is -0.475 e. The highest BCUT2D eigenvalue weighted by molar-refractivity contribution is 9.10. The van der Waals surface area contributed by atoms with Crippen molar-refractivity contribution in [1.29, 1.82) is 0 Å². The van der Waals surface area contributed by atoms with Gasteiger partial charge in [0.15, 0.2) is 0 Å². The van der Waals surface area contributed by atoms with Gasteiger partial charge in [-0.25, -0.2) is 9.78 Å². The summed E-state index contributed by atoms with van der Waals surface area (Å²) in [6.07, 6.45) is -9.78. The predicted octanol–water partition coefficient (Wildman–Crippen LogP) is 6.18. The van der Waals surface area contributed by atoms with Gasteiger partial charge in [0.25, 0.3) is 0 Å². The van der Waals surface area contributed by atoms with Crippen LogP contribution in [0.5, 0.6) is 0 Å². The van der Waals surface area contributed by atoms with Crippen molar-refractivity contribution >= 4 is 72.2 Å². The molecule has 3 heterocycles. The van der Waals surface area contributed by atoms with Crippen LogP contribution in [-0.2, 0) is 11.3 Å². The number of carboxylic acids is 1. The van der Waals surface area contributed by atoms with Gasteiger partial charge in [0.05, 0.1) is 18.5 Å². The summed E-state index contributed by atoms with van der Waals surface area (Å²) in [4.78, 5) is 18.9. The quantitative estimate of drug-likeness (QED) is 0.254. The van der Waals surface area contributed by atoms with Crippen molar-refractivity contribution in [1.82, 2.24) is 9.97 Å². The summed E-state index contributed by atoms with van der Waals surface area (Å²) in [6.45, 7) is 0.513.